The number of carbonyl (C=O) groups is 2. The van der Waals surface area contributed by atoms with Crippen molar-refractivity contribution in [3.63, 3.8) is 0 Å². The van der Waals surface area contributed by atoms with Gasteiger partial charge in [-0.3, -0.25) is 0 Å². The van der Waals surface area contributed by atoms with E-state index in [4.69, 9.17) is 9.47 Å². The fourth-order valence-corrected chi connectivity index (χ4v) is 4.96. The van der Waals surface area contributed by atoms with Crippen LogP contribution in [0.5, 0.6) is 0 Å². The molecule has 2 aliphatic rings. The lowest BCUT2D eigenvalue weighted by Gasteiger charge is -2.41. The van der Waals surface area contributed by atoms with Crippen molar-refractivity contribution in [2.75, 3.05) is 19.7 Å². The first kappa shape index (κ1) is 21.8. The van der Waals surface area contributed by atoms with Gasteiger partial charge in [0.05, 0.1) is 5.60 Å². The van der Waals surface area contributed by atoms with Crippen LogP contribution in [0.4, 0.5) is 4.79 Å². The highest BCUT2D eigenvalue weighted by atomic mass is 79.9. The number of hydrogen-bond acceptors (Lipinski definition) is 5. The molecule has 1 amide bonds. The summed E-state index contributed by atoms with van der Waals surface area (Å²) in [6.45, 7) is 1.13. The lowest BCUT2D eigenvalue weighted by Crippen LogP contribution is -2.40. The molecule has 0 spiro atoms. The molecule has 0 bridgehead atoms. The van der Waals surface area contributed by atoms with Gasteiger partial charge in [-0.05, 0) is 58.7 Å². The zero-order valence-electron chi connectivity index (χ0n) is 17.1. The largest absolute Gasteiger partial charge is 0.480 e. The number of pyridine rings is 1. The molecular formula is C23H25BrN2O5. The van der Waals surface area contributed by atoms with E-state index in [1.807, 2.05) is 42.5 Å². The smallest absolute Gasteiger partial charge is 0.410 e. The van der Waals surface area contributed by atoms with Crippen molar-refractivity contribution in [3.05, 3.63) is 64.4 Å². The van der Waals surface area contributed by atoms with E-state index in [2.05, 4.69) is 20.9 Å². The summed E-state index contributed by atoms with van der Waals surface area (Å²) in [5.41, 5.74) is 1.12. The van der Waals surface area contributed by atoms with Crippen molar-refractivity contribution < 1.29 is 24.2 Å². The van der Waals surface area contributed by atoms with E-state index in [9.17, 15) is 14.7 Å². The molecule has 2 heterocycles. The molecule has 8 heteroatoms. The van der Waals surface area contributed by atoms with Crippen LogP contribution in [0.1, 0.15) is 30.4 Å². The van der Waals surface area contributed by atoms with Crippen LogP contribution in [-0.4, -0.2) is 46.7 Å². The Morgan fingerprint density at radius 2 is 1.94 bits per heavy atom. The molecule has 7 nitrogen and oxygen atoms in total. The molecule has 1 saturated heterocycles. The van der Waals surface area contributed by atoms with E-state index in [1.165, 1.54) is 0 Å². The predicted molar refractivity (Wildman–Crippen MR) is 116 cm³/mol. The maximum absolute atomic E-state index is 12.6. The summed E-state index contributed by atoms with van der Waals surface area (Å²) in [7, 11) is 0. The zero-order valence-corrected chi connectivity index (χ0v) is 18.7. The summed E-state index contributed by atoms with van der Waals surface area (Å²) in [6.07, 6.45) is 3.63. The van der Waals surface area contributed by atoms with Crippen LogP contribution in [0, 0.1) is 11.8 Å². The lowest BCUT2D eigenvalue weighted by molar-refractivity contribution is -0.156. The quantitative estimate of drug-likeness (QED) is 0.612. The Bertz CT molecular complexity index is 923. The second-order valence-corrected chi connectivity index (χ2v) is 9.07. The highest BCUT2D eigenvalue weighted by Crippen LogP contribution is 2.48. The number of carbonyl (C=O) groups excluding carboxylic acids is 1. The maximum atomic E-state index is 12.6. The number of carboxylic acid groups (broad SMARTS) is 1. The van der Waals surface area contributed by atoms with E-state index < -0.39 is 11.6 Å². The van der Waals surface area contributed by atoms with Crippen molar-refractivity contribution >= 4 is 28.0 Å². The number of halogens is 1. The number of fused-ring (bicyclic) bond motifs is 1. The fraction of sp³-hybridized carbons (Fsp3) is 0.435. The molecule has 1 aromatic heterocycles. The van der Waals surface area contributed by atoms with Crippen molar-refractivity contribution in [3.8, 4) is 0 Å². The van der Waals surface area contributed by atoms with Crippen LogP contribution in [0.15, 0.2) is 53.3 Å². The van der Waals surface area contributed by atoms with Gasteiger partial charge >= 0.3 is 12.1 Å². The second kappa shape index (κ2) is 9.36. The Morgan fingerprint density at radius 3 is 2.65 bits per heavy atom. The Morgan fingerprint density at radius 1 is 1.16 bits per heavy atom. The number of carboxylic acids is 1. The van der Waals surface area contributed by atoms with Gasteiger partial charge in [0.2, 0.25) is 0 Å². The highest BCUT2D eigenvalue weighted by Gasteiger charge is 2.48. The Labute approximate surface area is 189 Å². The molecule has 31 heavy (non-hydrogen) atoms. The first-order valence-corrected chi connectivity index (χ1v) is 11.2. The molecule has 164 valence electrons. The first-order valence-electron chi connectivity index (χ1n) is 10.4. The predicted octanol–water partition coefficient (Wildman–Crippen LogP) is 4.21. The third kappa shape index (κ3) is 5.07. The van der Waals surface area contributed by atoms with Crippen LogP contribution >= 0.6 is 15.9 Å². The van der Waals surface area contributed by atoms with Crippen LogP contribution in [0.25, 0.3) is 0 Å². The van der Waals surface area contributed by atoms with Crippen LogP contribution in [0.3, 0.4) is 0 Å². The number of benzene rings is 1. The SMILES string of the molecule is O=C(O)COC1(c2ccc(Br)nc2)CCC2CN(C(=O)OCc3ccccc3)CC2C1. The van der Waals surface area contributed by atoms with Gasteiger partial charge in [-0.15, -0.1) is 0 Å². The number of ether oxygens (including phenoxy) is 2. The van der Waals surface area contributed by atoms with Gasteiger partial charge in [0, 0.05) is 24.8 Å². The standard InChI is InChI=1S/C23H25BrN2O5/c24-20-7-6-19(11-25-20)23(31-15-21(27)28)9-8-17-12-26(13-18(17)10-23)22(29)30-14-16-4-2-1-3-5-16/h1-7,11,17-18H,8-10,12-15H2,(H,27,28). The van der Waals surface area contributed by atoms with Gasteiger partial charge in [0.25, 0.3) is 0 Å². The summed E-state index contributed by atoms with van der Waals surface area (Å²) in [6, 6.07) is 13.4. The fourth-order valence-electron chi connectivity index (χ4n) is 4.72. The number of aliphatic carboxylic acids is 1. The van der Waals surface area contributed by atoms with Gasteiger partial charge in [0.15, 0.2) is 0 Å². The third-order valence-electron chi connectivity index (χ3n) is 6.28. The number of hydrogen-bond donors (Lipinski definition) is 1. The molecule has 3 unspecified atom stereocenters. The Hall–Kier alpha value is -2.45. The molecule has 3 atom stereocenters. The van der Waals surface area contributed by atoms with E-state index in [-0.39, 0.29) is 25.2 Å². The van der Waals surface area contributed by atoms with Crippen molar-refractivity contribution in [2.45, 2.75) is 31.5 Å². The minimum Gasteiger partial charge on any atom is -0.480 e. The number of likely N-dealkylation sites (tertiary alicyclic amines) is 1. The minimum atomic E-state index is -0.996. The zero-order chi connectivity index (χ0) is 21.8. The second-order valence-electron chi connectivity index (χ2n) is 8.25. The van der Waals surface area contributed by atoms with E-state index in [0.29, 0.717) is 36.5 Å². The monoisotopic (exact) mass is 488 g/mol. The minimum absolute atomic E-state index is 0.218. The van der Waals surface area contributed by atoms with Gasteiger partial charge in [0.1, 0.15) is 17.8 Å². The molecule has 1 saturated carbocycles. The molecule has 2 aromatic rings. The van der Waals surface area contributed by atoms with E-state index >= 15 is 0 Å². The summed E-state index contributed by atoms with van der Waals surface area (Å²) in [5.74, 6) is -0.422. The van der Waals surface area contributed by atoms with Gasteiger partial charge in [-0.2, -0.15) is 0 Å². The van der Waals surface area contributed by atoms with Crippen molar-refractivity contribution in [1.29, 1.82) is 0 Å². The third-order valence-corrected chi connectivity index (χ3v) is 6.75. The summed E-state index contributed by atoms with van der Waals surface area (Å²) < 4.78 is 12.2. The molecule has 1 N–H and O–H groups in total. The average molecular weight is 489 g/mol. The van der Waals surface area contributed by atoms with E-state index in [0.717, 1.165) is 17.5 Å². The first-order chi connectivity index (χ1) is 14.9. The van der Waals surface area contributed by atoms with Crippen LogP contribution in [-0.2, 0) is 26.5 Å². The Balaban J connectivity index is 1.43. The van der Waals surface area contributed by atoms with Crippen molar-refractivity contribution in [1.82, 2.24) is 9.88 Å². The molecule has 2 fully saturated rings. The molecule has 1 aliphatic carbocycles. The number of rotatable bonds is 6. The molecule has 1 aromatic carbocycles. The highest BCUT2D eigenvalue weighted by molar-refractivity contribution is 9.10. The maximum Gasteiger partial charge on any atom is 0.410 e. The number of amides is 1. The van der Waals surface area contributed by atoms with Gasteiger partial charge < -0.3 is 19.5 Å². The summed E-state index contributed by atoms with van der Waals surface area (Å²) in [4.78, 5) is 29.9. The van der Waals surface area contributed by atoms with Gasteiger partial charge in [-0.25, -0.2) is 14.6 Å². The molecular weight excluding hydrogens is 464 g/mol. The Kier molecular flexibility index (Phi) is 6.57. The normalized spacial score (nSPS) is 25.1. The number of aromatic nitrogens is 1. The van der Waals surface area contributed by atoms with E-state index in [1.54, 1.807) is 11.1 Å². The molecule has 1 aliphatic heterocycles. The summed E-state index contributed by atoms with van der Waals surface area (Å²) >= 11 is 3.35. The lowest BCUT2D eigenvalue weighted by atomic mass is 9.70. The van der Waals surface area contributed by atoms with Crippen LogP contribution in [0.2, 0.25) is 0 Å². The molecule has 4 rings (SSSR count). The molecule has 0 radical (unpaired) electrons. The average Bonchev–Trinajstić information content (AvgIpc) is 3.20. The topological polar surface area (TPSA) is 89.0 Å². The number of nitrogens with zero attached hydrogens (tertiary/aromatic N) is 2. The van der Waals surface area contributed by atoms with Gasteiger partial charge in [-0.1, -0.05) is 36.4 Å². The van der Waals surface area contributed by atoms with Crippen LogP contribution < -0.4 is 0 Å². The van der Waals surface area contributed by atoms with Crippen molar-refractivity contribution in [2.24, 2.45) is 11.8 Å². The summed E-state index contributed by atoms with van der Waals surface area (Å²) in [5, 5.41) is 9.19.